The molecule has 94 valence electrons. The van der Waals surface area contributed by atoms with Crippen LogP contribution in [0.2, 0.25) is 0 Å². The minimum Gasteiger partial charge on any atom is -0.357 e. The third-order valence-corrected chi connectivity index (χ3v) is 4.67. The summed E-state index contributed by atoms with van der Waals surface area (Å²) in [6.07, 6.45) is 7.25. The molecule has 0 radical (unpaired) electrons. The van der Waals surface area contributed by atoms with E-state index in [1.165, 1.54) is 18.4 Å². The summed E-state index contributed by atoms with van der Waals surface area (Å²) in [5, 5.41) is 12.7. The van der Waals surface area contributed by atoms with E-state index >= 15 is 0 Å². The normalized spacial score (nSPS) is 14.7. The molecule has 0 saturated heterocycles. The third-order valence-electron chi connectivity index (χ3n) is 2.68. The third kappa shape index (κ3) is 3.43. The summed E-state index contributed by atoms with van der Waals surface area (Å²) in [7, 11) is 0. The van der Waals surface area contributed by atoms with Gasteiger partial charge in [0, 0.05) is 24.2 Å². The Balaban J connectivity index is 1.46. The lowest BCUT2D eigenvalue weighted by Crippen LogP contribution is -1.99. The van der Waals surface area contributed by atoms with Gasteiger partial charge in [-0.05, 0) is 37.0 Å². The highest BCUT2D eigenvalue weighted by atomic mass is 32.2. The smallest absolute Gasteiger partial charge is 0.206 e. The van der Waals surface area contributed by atoms with Crippen molar-refractivity contribution in [1.29, 1.82) is 0 Å². The number of aryl methyl sites for hydroxylation is 1. The number of nitrogens with zero attached hydrogens (tertiary/aromatic N) is 3. The van der Waals surface area contributed by atoms with E-state index in [-0.39, 0.29) is 0 Å². The van der Waals surface area contributed by atoms with Crippen molar-refractivity contribution in [2.45, 2.75) is 29.6 Å². The number of thioether (sulfide) groups is 1. The topological polar surface area (TPSA) is 50.7 Å². The van der Waals surface area contributed by atoms with Crippen LogP contribution in [0.1, 0.15) is 18.4 Å². The maximum absolute atomic E-state index is 4.18. The molecular weight excluding hydrogens is 264 g/mol. The highest BCUT2D eigenvalue weighted by Gasteiger charge is 2.22. The SMILES string of the molecule is c1cc(CCSc2nnc(NC3CC3)s2)ccn1. The fraction of sp³-hybridized carbons (Fsp3) is 0.417. The average molecular weight is 278 g/mol. The first-order chi connectivity index (χ1) is 8.90. The molecule has 2 aromatic rings. The van der Waals surface area contributed by atoms with Crippen LogP contribution >= 0.6 is 23.1 Å². The van der Waals surface area contributed by atoms with Crippen LogP contribution in [0, 0.1) is 0 Å². The summed E-state index contributed by atoms with van der Waals surface area (Å²) in [6.45, 7) is 0. The van der Waals surface area contributed by atoms with Crippen molar-refractivity contribution in [2.24, 2.45) is 0 Å². The lowest BCUT2D eigenvalue weighted by molar-refractivity contribution is 0.993. The second-order valence-corrected chi connectivity index (χ2v) is 6.57. The molecule has 0 spiro atoms. The molecule has 1 fully saturated rings. The van der Waals surface area contributed by atoms with Gasteiger partial charge in [-0.1, -0.05) is 23.1 Å². The predicted octanol–water partition coefficient (Wildman–Crippen LogP) is 2.84. The summed E-state index contributed by atoms with van der Waals surface area (Å²) in [5.74, 6) is 1.03. The maximum atomic E-state index is 4.18. The molecular formula is C12H14N4S2. The fourth-order valence-corrected chi connectivity index (χ4v) is 3.42. The van der Waals surface area contributed by atoms with Gasteiger partial charge in [0.25, 0.3) is 0 Å². The first-order valence-corrected chi connectivity index (χ1v) is 7.82. The molecule has 1 N–H and O–H groups in total. The van der Waals surface area contributed by atoms with Crippen molar-refractivity contribution < 1.29 is 0 Å². The molecule has 0 unspecified atom stereocenters. The van der Waals surface area contributed by atoms with Gasteiger partial charge in [0.1, 0.15) is 0 Å². The average Bonchev–Trinajstić information content (AvgIpc) is 3.10. The zero-order valence-corrected chi connectivity index (χ0v) is 11.5. The molecule has 2 heterocycles. The van der Waals surface area contributed by atoms with E-state index in [2.05, 4.69) is 32.6 Å². The highest BCUT2D eigenvalue weighted by Crippen LogP contribution is 2.30. The van der Waals surface area contributed by atoms with Gasteiger partial charge in [-0.15, -0.1) is 10.2 Å². The van der Waals surface area contributed by atoms with Crippen molar-refractivity contribution in [2.75, 3.05) is 11.1 Å². The standard InChI is InChI=1S/C12H14N4S2/c1-2-10(1)14-11-15-16-12(18-11)17-8-5-9-3-6-13-7-4-9/h3-4,6-7,10H,1-2,5,8H2,(H,14,15). The quantitative estimate of drug-likeness (QED) is 0.823. The number of pyridine rings is 1. The summed E-state index contributed by atoms with van der Waals surface area (Å²) >= 11 is 3.42. The van der Waals surface area contributed by atoms with Gasteiger partial charge in [-0.3, -0.25) is 4.98 Å². The van der Waals surface area contributed by atoms with Crippen LogP contribution in [-0.2, 0) is 6.42 Å². The first kappa shape index (κ1) is 11.9. The lowest BCUT2D eigenvalue weighted by Gasteiger charge is -1.98. The van der Waals surface area contributed by atoms with Gasteiger partial charge in [-0.2, -0.15) is 0 Å². The zero-order valence-electron chi connectivity index (χ0n) is 9.87. The predicted molar refractivity (Wildman–Crippen MR) is 75.2 cm³/mol. The Morgan fingerprint density at radius 2 is 2.11 bits per heavy atom. The van der Waals surface area contributed by atoms with Crippen LogP contribution in [0.15, 0.2) is 28.9 Å². The number of rotatable bonds is 6. The fourth-order valence-electron chi connectivity index (χ4n) is 1.53. The van der Waals surface area contributed by atoms with Gasteiger partial charge in [0.2, 0.25) is 5.13 Å². The molecule has 4 nitrogen and oxygen atoms in total. The number of aromatic nitrogens is 3. The summed E-state index contributed by atoms with van der Waals surface area (Å²) in [5.41, 5.74) is 1.32. The molecule has 1 aliphatic rings. The monoisotopic (exact) mass is 278 g/mol. The van der Waals surface area contributed by atoms with E-state index in [4.69, 9.17) is 0 Å². The molecule has 2 aromatic heterocycles. The maximum Gasteiger partial charge on any atom is 0.206 e. The summed E-state index contributed by atoms with van der Waals surface area (Å²) in [4.78, 5) is 4.01. The molecule has 18 heavy (non-hydrogen) atoms. The Kier molecular flexibility index (Phi) is 3.75. The molecule has 0 aliphatic heterocycles. The Morgan fingerprint density at radius 3 is 2.89 bits per heavy atom. The Bertz CT molecular complexity index is 496. The molecule has 0 amide bonds. The largest absolute Gasteiger partial charge is 0.357 e. The van der Waals surface area contributed by atoms with Gasteiger partial charge < -0.3 is 5.32 Å². The first-order valence-electron chi connectivity index (χ1n) is 6.02. The van der Waals surface area contributed by atoms with E-state index in [9.17, 15) is 0 Å². The lowest BCUT2D eigenvalue weighted by atomic mass is 10.2. The van der Waals surface area contributed by atoms with Gasteiger partial charge in [0.15, 0.2) is 4.34 Å². The van der Waals surface area contributed by atoms with E-state index in [0.29, 0.717) is 6.04 Å². The van der Waals surface area contributed by atoms with Crippen molar-refractivity contribution in [1.82, 2.24) is 15.2 Å². The molecule has 0 bridgehead atoms. The van der Waals surface area contributed by atoms with Crippen LogP contribution in [-0.4, -0.2) is 27.0 Å². The van der Waals surface area contributed by atoms with Crippen molar-refractivity contribution >= 4 is 28.2 Å². The second kappa shape index (κ2) is 5.67. The number of hydrogen-bond donors (Lipinski definition) is 1. The number of nitrogens with one attached hydrogen (secondary N) is 1. The van der Waals surface area contributed by atoms with E-state index < -0.39 is 0 Å². The zero-order chi connectivity index (χ0) is 12.2. The molecule has 1 aliphatic carbocycles. The van der Waals surface area contributed by atoms with E-state index in [1.54, 1.807) is 23.1 Å². The molecule has 1 saturated carbocycles. The van der Waals surface area contributed by atoms with Crippen LogP contribution in [0.25, 0.3) is 0 Å². The van der Waals surface area contributed by atoms with Crippen LogP contribution < -0.4 is 5.32 Å². The van der Waals surface area contributed by atoms with Gasteiger partial charge in [-0.25, -0.2) is 0 Å². The van der Waals surface area contributed by atoms with Crippen molar-refractivity contribution in [3.8, 4) is 0 Å². The summed E-state index contributed by atoms with van der Waals surface area (Å²) < 4.78 is 1.05. The Labute approximate surface area is 114 Å². The van der Waals surface area contributed by atoms with Crippen molar-refractivity contribution in [3.63, 3.8) is 0 Å². The van der Waals surface area contributed by atoms with Crippen LogP contribution in [0.3, 0.4) is 0 Å². The number of hydrogen-bond acceptors (Lipinski definition) is 6. The molecule has 0 aromatic carbocycles. The van der Waals surface area contributed by atoms with Crippen molar-refractivity contribution in [3.05, 3.63) is 30.1 Å². The van der Waals surface area contributed by atoms with Gasteiger partial charge in [0.05, 0.1) is 0 Å². The molecule has 3 rings (SSSR count). The molecule has 6 heteroatoms. The minimum atomic E-state index is 0.646. The number of anilines is 1. The second-order valence-electron chi connectivity index (χ2n) is 4.25. The minimum absolute atomic E-state index is 0.646. The van der Waals surface area contributed by atoms with E-state index in [1.807, 2.05) is 12.4 Å². The summed E-state index contributed by atoms with van der Waals surface area (Å²) in [6, 6.07) is 4.76. The van der Waals surface area contributed by atoms with E-state index in [0.717, 1.165) is 21.6 Å². The Hall–Kier alpha value is -1.14. The highest BCUT2D eigenvalue weighted by molar-refractivity contribution is 8.01. The Morgan fingerprint density at radius 1 is 1.28 bits per heavy atom. The van der Waals surface area contributed by atoms with Crippen LogP contribution in [0.4, 0.5) is 5.13 Å². The van der Waals surface area contributed by atoms with Gasteiger partial charge >= 0.3 is 0 Å². The van der Waals surface area contributed by atoms with Crippen LogP contribution in [0.5, 0.6) is 0 Å². The molecule has 0 atom stereocenters.